The third-order valence-electron chi connectivity index (χ3n) is 8.79. The second kappa shape index (κ2) is 12.4. The van der Waals surface area contributed by atoms with E-state index in [1.165, 1.54) is 45.0 Å². The summed E-state index contributed by atoms with van der Waals surface area (Å²) >= 11 is 0. The summed E-state index contributed by atoms with van der Waals surface area (Å²) in [5.74, 6) is 1.33. The van der Waals surface area contributed by atoms with Crippen LogP contribution in [0.4, 0.5) is 11.4 Å². The van der Waals surface area contributed by atoms with Crippen molar-refractivity contribution in [3.8, 4) is 0 Å². The first-order valence-electron chi connectivity index (χ1n) is 15.8. The van der Waals surface area contributed by atoms with Crippen LogP contribution >= 0.6 is 0 Å². The highest BCUT2D eigenvalue weighted by Crippen LogP contribution is 2.48. The molecule has 2 aromatic carbocycles. The van der Waals surface area contributed by atoms with E-state index in [0.29, 0.717) is 11.8 Å². The van der Waals surface area contributed by atoms with Gasteiger partial charge in [-0.25, -0.2) is 0 Å². The normalized spacial score (nSPS) is 18.8. The zero-order valence-corrected chi connectivity index (χ0v) is 27.4. The van der Waals surface area contributed by atoms with E-state index < -0.39 is 0 Å². The monoisotopic (exact) mass is 549 g/mol. The molecule has 0 atom stereocenters. The van der Waals surface area contributed by atoms with Crippen molar-refractivity contribution in [2.45, 2.75) is 92.9 Å². The predicted octanol–water partition coefficient (Wildman–Crippen LogP) is 9.85. The molecule has 2 heteroatoms. The van der Waals surface area contributed by atoms with Crippen LogP contribution in [0.15, 0.2) is 84.6 Å². The number of nitrogens with zero attached hydrogens (tertiary/aromatic N) is 2. The van der Waals surface area contributed by atoms with E-state index in [9.17, 15) is 0 Å². The number of likely N-dealkylation sites (N-methyl/N-ethyl adjacent to an activating group) is 1. The predicted molar refractivity (Wildman–Crippen MR) is 180 cm³/mol. The lowest BCUT2D eigenvalue weighted by Crippen LogP contribution is -2.27. The molecule has 0 aliphatic carbocycles. The number of allylic oxidation sites excluding steroid dienone is 8. The molecule has 0 saturated carbocycles. The minimum absolute atomic E-state index is 0.00929. The Hall–Kier alpha value is -3.13. The van der Waals surface area contributed by atoms with Gasteiger partial charge in [-0.2, -0.15) is 4.58 Å². The fraction of sp³-hybridized carbons (Fsp3) is 0.462. The number of fused-ring (bicyclic) bond motifs is 2. The summed E-state index contributed by atoms with van der Waals surface area (Å²) in [5.41, 5.74) is 11.2. The van der Waals surface area contributed by atoms with E-state index in [2.05, 4.69) is 158 Å². The van der Waals surface area contributed by atoms with Crippen LogP contribution in [0.1, 0.15) is 91.5 Å². The standard InChI is InChI=1S/C39H53N2/c1-11-40-34-22-20-30(24-28(3)4)26-32(34)38(7,8)36(40)18-16-14-13-15-17-19-37-39(9,10)33-27-31(25-29(5)6)21-23-35(33)41(37)12-2/h13-23,26-29H,11-12,24-25H2,1-10H3/q+1. The quantitative estimate of drug-likeness (QED) is 0.211. The average Bonchev–Trinajstić information content (AvgIpc) is 3.25. The molecule has 0 fully saturated rings. The first kappa shape index (κ1) is 30.8. The molecule has 0 N–H and O–H groups in total. The Balaban J connectivity index is 1.50. The molecule has 0 amide bonds. The molecule has 0 unspecified atom stereocenters. The minimum Gasteiger partial charge on any atom is -0.344 e. The van der Waals surface area contributed by atoms with Crippen LogP contribution in [0.5, 0.6) is 0 Å². The molecule has 0 bridgehead atoms. The Morgan fingerprint density at radius 3 is 1.93 bits per heavy atom. The van der Waals surface area contributed by atoms with Crippen molar-refractivity contribution in [2.75, 3.05) is 18.0 Å². The molecule has 0 spiro atoms. The van der Waals surface area contributed by atoms with Gasteiger partial charge in [-0.15, -0.1) is 0 Å². The van der Waals surface area contributed by atoms with Gasteiger partial charge in [-0.05, 0) is 87.3 Å². The summed E-state index contributed by atoms with van der Waals surface area (Å²) in [6, 6.07) is 14.2. The van der Waals surface area contributed by atoms with Crippen LogP contribution in [0.3, 0.4) is 0 Å². The fourth-order valence-electron chi connectivity index (χ4n) is 6.81. The molecule has 0 saturated heterocycles. The van der Waals surface area contributed by atoms with Crippen molar-refractivity contribution in [3.63, 3.8) is 0 Å². The molecular formula is C39H53N2+. The number of rotatable bonds is 10. The van der Waals surface area contributed by atoms with Gasteiger partial charge < -0.3 is 4.90 Å². The first-order valence-corrected chi connectivity index (χ1v) is 15.8. The van der Waals surface area contributed by atoms with Gasteiger partial charge in [0.25, 0.3) is 0 Å². The molecule has 218 valence electrons. The van der Waals surface area contributed by atoms with E-state index >= 15 is 0 Å². The van der Waals surface area contributed by atoms with Crippen molar-refractivity contribution in [3.05, 3.63) is 107 Å². The molecule has 41 heavy (non-hydrogen) atoms. The van der Waals surface area contributed by atoms with Crippen LogP contribution < -0.4 is 4.90 Å². The second-order valence-electron chi connectivity index (χ2n) is 13.7. The molecule has 2 nitrogen and oxygen atoms in total. The SMILES string of the molecule is CCN1/C(=C/C=C/C=C/C=C/C2=[N+](CC)c3ccc(CC(C)C)cc3C2(C)C)C(C)(C)c2cc(CC(C)C)ccc21. The average molecular weight is 550 g/mol. The Bertz CT molecular complexity index is 1410. The van der Waals surface area contributed by atoms with E-state index in [4.69, 9.17) is 0 Å². The van der Waals surface area contributed by atoms with Crippen molar-refractivity contribution in [1.29, 1.82) is 0 Å². The van der Waals surface area contributed by atoms with Crippen LogP contribution in [0, 0.1) is 11.8 Å². The lowest BCUT2D eigenvalue weighted by atomic mass is 9.80. The molecule has 0 aromatic heterocycles. The topological polar surface area (TPSA) is 6.25 Å². The molecule has 2 aliphatic heterocycles. The Morgan fingerprint density at radius 2 is 1.32 bits per heavy atom. The largest absolute Gasteiger partial charge is 0.344 e. The highest BCUT2D eigenvalue weighted by atomic mass is 15.2. The van der Waals surface area contributed by atoms with E-state index in [1.54, 1.807) is 0 Å². The summed E-state index contributed by atoms with van der Waals surface area (Å²) in [5, 5.41) is 0. The number of benzene rings is 2. The van der Waals surface area contributed by atoms with Gasteiger partial charge in [-0.1, -0.05) is 90.1 Å². The number of hydrogen-bond donors (Lipinski definition) is 0. The highest BCUT2D eigenvalue weighted by molar-refractivity contribution is 6.03. The molecule has 2 aliphatic rings. The zero-order valence-electron chi connectivity index (χ0n) is 27.4. The third kappa shape index (κ3) is 6.22. The molecule has 0 radical (unpaired) electrons. The highest BCUT2D eigenvalue weighted by Gasteiger charge is 2.44. The van der Waals surface area contributed by atoms with Gasteiger partial charge in [-0.3, -0.25) is 0 Å². The maximum Gasteiger partial charge on any atom is 0.209 e. The van der Waals surface area contributed by atoms with Gasteiger partial charge in [0.05, 0.1) is 5.41 Å². The van der Waals surface area contributed by atoms with Crippen molar-refractivity contribution >= 4 is 17.1 Å². The van der Waals surface area contributed by atoms with Gasteiger partial charge in [0.15, 0.2) is 5.71 Å². The summed E-state index contributed by atoms with van der Waals surface area (Å²) in [6.45, 7) is 25.1. The maximum atomic E-state index is 2.48. The Kier molecular flexibility index (Phi) is 9.32. The fourth-order valence-corrected chi connectivity index (χ4v) is 6.81. The van der Waals surface area contributed by atoms with E-state index in [-0.39, 0.29) is 10.8 Å². The van der Waals surface area contributed by atoms with Gasteiger partial charge in [0.1, 0.15) is 6.54 Å². The lowest BCUT2D eigenvalue weighted by Gasteiger charge is -2.25. The van der Waals surface area contributed by atoms with Crippen molar-refractivity contribution in [1.82, 2.24) is 0 Å². The summed E-state index contributed by atoms with van der Waals surface area (Å²) in [6.07, 6.45) is 17.7. The second-order valence-corrected chi connectivity index (χ2v) is 13.7. The van der Waals surface area contributed by atoms with Crippen LogP contribution in [0.25, 0.3) is 0 Å². The summed E-state index contributed by atoms with van der Waals surface area (Å²) in [4.78, 5) is 2.48. The van der Waals surface area contributed by atoms with Gasteiger partial charge in [0.2, 0.25) is 5.69 Å². The van der Waals surface area contributed by atoms with Crippen molar-refractivity contribution in [2.24, 2.45) is 11.8 Å². The van der Waals surface area contributed by atoms with E-state index in [1.807, 2.05) is 0 Å². The molecular weight excluding hydrogens is 496 g/mol. The van der Waals surface area contributed by atoms with Crippen LogP contribution in [-0.4, -0.2) is 23.4 Å². The Morgan fingerprint density at radius 1 is 0.732 bits per heavy atom. The zero-order chi connectivity index (χ0) is 29.9. The molecule has 2 heterocycles. The first-order chi connectivity index (χ1) is 19.4. The molecule has 4 rings (SSSR count). The number of anilines is 1. The van der Waals surface area contributed by atoms with Gasteiger partial charge in [0, 0.05) is 41.1 Å². The molecule has 2 aromatic rings. The van der Waals surface area contributed by atoms with Crippen LogP contribution in [-0.2, 0) is 23.7 Å². The smallest absolute Gasteiger partial charge is 0.209 e. The maximum absolute atomic E-state index is 2.48. The van der Waals surface area contributed by atoms with Crippen LogP contribution in [0.2, 0.25) is 0 Å². The number of hydrogen-bond acceptors (Lipinski definition) is 1. The van der Waals surface area contributed by atoms with E-state index in [0.717, 1.165) is 25.9 Å². The summed E-state index contributed by atoms with van der Waals surface area (Å²) in [7, 11) is 0. The lowest BCUT2D eigenvalue weighted by molar-refractivity contribution is -0.433. The van der Waals surface area contributed by atoms with Gasteiger partial charge >= 0.3 is 0 Å². The van der Waals surface area contributed by atoms with Crippen molar-refractivity contribution < 1.29 is 4.58 Å². The Labute approximate surface area is 250 Å². The summed E-state index contributed by atoms with van der Waals surface area (Å²) < 4.78 is 2.48. The third-order valence-corrected chi connectivity index (χ3v) is 8.79. The minimum atomic E-state index is -0.00929.